The van der Waals surface area contributed by atoms with Crippen molar-refractivity contribution in [3.05, 3.63) is 180 Å². The van der Waals surface area contributed by atoms with Crippen molar-refractivity contribution in [1.82, 2.24) is 9.97 Å². The molecule has 0 saturated carbocycles. The van der Waals surface area contributed by atoms with E-state index in [-0.39, 0.29) is 0 Å². The molecule has 7 aromatic carbocycles. The van der Waals surface area contributed by atoms with Crippen LogP contribution in [0.2, 0.25) is 0 Å². The monoisotopic (exact) mass is 713 g/mol. The van der Waals surface area contributed by atoms with E-state index in [1.54, 1.807) is 0 Å². The second-order valence-corrected chi connectivity index (χ2v) is 15.9. The van der Waals surface area contributed by atoms with Gasteiger partial charge in [-0.1, -0.05) is 151 Å². The number of benzene rings is 7. The van der Waals surface area contributed by atoms with Crippen LogP contribution in [-0.2, 0) is 0 Å². The Hall–Kier alpha value is -5.88. The predicted molar refractivity (Wildman–Crippen MR) is 220 cm³/mol. The van der Waals surface area contributed by atoms with Gasteiger partial charge in [-0.3, -0.25) is 0 Å². The second kappa shape index (κ2) is 12.4. The maximum atomic E-state index is 5.11. The Balaban J connectivity index is 1.00. The summed E-state index contributed by atoms with van der Waals surface area (Å²) in [6.07, 6.45) is 3.42. The maximum Gasteiger partial charge on any atom is 0.160 e. The van der Waals surface area contributed by atoms with Crippen LogP contribution in [0.15, 0.2) is 183 Å². The molecule has 53 heavy (non-hydrogen) atoms. The third-order valence-corrected chi connectivity index (χ3v) is 13.1. The lowest BCUT2D eigenvalue weighted by Gasteiger charge is -2.26. The SMILES string of the molecule is C1=c2ccccc2=C2C(C1)c1cc3c(cc1N2c1cccc(-c2ccc(-c4nc(-c5ccccc5)c5ccccc5n4)cc2)c1)Sc1ccccc1S3. The lowest BCUT2D eigenvalue weighted by molar-refractivity contribution is 0.903. The number of anilines is 2. The van der Waals surface area contributed by atoms with Crippen molar-refractivity contribution >= 4 is 57.6 Å². The highest BCUT2D eigenvalue weighted by Gasteiger charge is 2.37. The van der Waals surface area contributed by atoms with E-state index in [0.717, 1.165) is 45.5 Å². The van der Waals surface area contributed by atoms with E-state index in [2.05, 4.69) is 163 Å². The Kier molecular flexibility index (Phi) is 7.17. The summed E-state index contributed by atoms with van der Waals surface area (Å²) in [6.45, 7) is 0. The molecule has 0 N–H and O–H groups in total. The van der Waals surface area contributed by atoms with E-state index in [1.165, 1.54) is 58.2 Å². The molecule has 250 valence electrons. The van der Waals surface area contributed by atoms with Gasteiger partial charge in [0.05, 0.1) is 16.9 Å². The number of hydrogen-bond acceptors (Lipinski definition) is 5. The Labute approximate surface area is 316 Å². The van der Waals surface area contributed by atoms with Gasteiger partial charge >= 0.3 is 0 Å². The first kappa shape index (κ1) is 30.7. The van der Waals surface area contributed by atoms with E-state index in [4.69, 9.17) is 9.97 Å². The van der Waals surface area contributed by atoms with Crippen LogP contribution in [0.25, 0.3) is 56.4 Å². The summed E-state index contributed by atoms with van der Waals surface area (Å²) in [5.41, 5.74) is 11.6. The predicted octanol–water partition coefficient (Wildman–Crippen LogP) is 11.5. The van der Waals surface area contributed by atoms with E-state index < -0.39 is 0 Å². The van der Waals surface area contributed by atoms with Crippen LogP contribution >= 0.6 is 23.5 Å². The number of nitrogens with zero attached hydrogens (tertiary/aromatic N) is 3. The first-order chi connectivity index (χ1) is 26.2. The standard InChI is InChI=1S/C48H31N3S2/c1-2-12-32(13-3-1)46-38-17-6-7-18-40(38)49-48(50-46)33-23-21-30(22-24-33)34-14-10-15-35(27-34)51-41-29-45-44(52-42-19-8-9-20-43(42)53-45)28-39(41)37-26-25-31-11-4-5-16-36(31)47(37)51/h1-25,27-29,37H,26H2. The third kappa shape index (κ3) is 5.14. The Morgan fingerprint density at radius 1 is 0.528 bits per heavy atom. The normalized spacial score (nSPS) is 15.2. The molecule has 0 amide bonds. The van der Waals surface area contributed by atoms with Gasteiger partial charge in [0.15, 0.2) is 5.82 Å². The molecule has 0 radical (unpaired) electrons. The number of para-hydroxylation sites is 1. The van der Waals surface area contributed by atoms with Crippen molar-refractivity contribution in [2.45, 2.75) is 31.9 Å². The zero-order valence-corrected chi connectivity index (χ0v) is 30.2. The average Bonchev–Trinajstić information content (AvgIpc) is 3.55. The molecular formula is C48H31N3S2. The smallest absolute Gasteiger partial charge is 0.160 e. The Morgan fingerprint density at radius 3 is 2.08 bits per heavy atom. The quantitative estimate of drug-likeness (QED) is 0.181. The van der Waals surface area contributed by atoms with E-state index >= 15 is 0 Å². The van der Waals surface area contributed by atoms with Crippen molar-refractivity contribution in [3.63, 3.8) is 0 Å². The summed E-state index contributed by atoms with van der Waals surface area (Å²) in [7, 11) is 0. The number of rotatable bonds is 4. The van der Waals surface area contributed by atoms with Gasteiger partial charge in [-0.25, -0.2) is 9.97 Å². The lowest BCUT2D eigenvalue weighted by atomic mass is 9.90. The zero-order chi connectivity index (χ0) is 34.9. The van der Waals surface area contributed by atoms with Crippen LogP contribution in [0.5, 0.6) is 0 Å². The van der Waals surface area contributed by atoms with Gasteiger partial charge in [0.1, 0.15) is 0 Å². The van der Waals surface area contributed by atoms with Crippen molar-refractivity contribution in [1.29, 1.82) is 0 Å². The van der Waals surface area contributed by atoms with E-state index in [9.17, 15) is 0 Å². The number of hydrogen-bond donors (Lipinski definition) is 0. The molecular weight excluding hydrogens is 683 g/mol. The van der Waals surface area contributed by atoms with Crippen molar-refractivity contribution in [2.75, 3.05) is 4.90 Å². The summed E-state index contributed by atoms with van der Waals surface area (Å²) in [6, 6.07) is 59.0. The average molecular weight is 714 g/mol. The molecule has 0 spiro atoms. The molecule has 0 bridgehead atoms. The van der Waals surface area contributed by atoms with Gasteiger partial charge in [0.25, 0.3) is 0 Å². The second-order valence-electron chi connectivity index (χ2n) is 13.7. The maximum absolute atomic E-state index is 5.11. The van der Waals surface area contributed by atoms with Gasteiger partial charge < -0.3 is 4.90 Å². The van der Waals surface area contributed by atoms with Crippen LogP contribution in [-0.4, -0.2) is 9.97 Å². The highest BCUT2D eigenvalue weighted by Crippen LogP contribution is 2.56. The summed E-state index contributed by atoms with van der Waals surface area (Å²) in [5.74, 6) is 1.03. The molecule has 1 unspecified atom stereocenters. The van der Waals surface area contributed by atoms with Crippen LogP contribution in [0, 0.1) is 0 Å². The molecule has 0 fully saturated rings. The van der Waals surface area contributed by atoms with Crippen molar-refractivity contribution in [2.24, 2.45) is 0 Å². The molecule has 5 heteroatoms. The molecule has 3 heterocycles. The topological polar surface area (TPSA) is 29.0 Å². The molecule has 2 aliphatic heterocycles. The fraction of sp³-hybridized carbons (Fsp3) is 0.0417. The van der Waals surface area contributed by atoms with Crippen molar-refractivity contribution in [3.8, 4) is 33.8 Å². The minimum Gasteiger partial charge on any atom is -0.313 e. The zero-order valence-electron chi connectivity index (χ0n) is 28.6. The minimum atomic E-state index is 0.304. The first-order valence-corrected chi connectivity index (χ1v) is 19.6. The van der Waals surface area contributed by atoms with Gasteiger partial charge in [-0.15, -0.1) is 0 Å². The number of fused-ring (bicyclic) bond motifs is 7. The Morgan fingerprint density at radius 2 is 1.23 bits per heavy atom. The van der Waals surface area contributed by atoms with Crippen LogP contribution < -0.4 is 15.3 Å². The third-order valence-electron chi connectivity index (χ3n) is 10.6. The van der Waals surface area contributed by atoms with Crippen LogP contribution in [0.1, 0.15) is 17.9 Å². The molecule has 8 aromatic rings. The molecule has 1 aliphatic carbocycles. The minimum absolute atomic E-state index is 0.304. The molecule has 1 aromatic heterocycles. The highest BCUT2D eigenvalue weighted by molar-refractivity contribution is 8.05. The molecule has 3 aliphatic rings. The van der Waals surface area contributed by atoms with Crippen molar-refractivity contribution < 1.29 is 0 Å². The molecule has 3 nitrogen and oxygen atoms in total. The van der Waals surface area contributed by atoms with Crippen LogP contribution in [0.3, 0.4) is 0 Å². The molecule has 0 saturated heterocycles. The lowest BCUT2D eigenvalue weighted by Crippen LogP contribution is -2.35. The molecule has 1 atom stereocenters. The highest BCUT2D eigenvalue weighted by atomic mass is 32.2. The van der Waals surface area contributed by atoms with Gasteiger partial charge in [0.2, 0.25) is 0 Å². The summed E-state index contributed by atoms with van der Waals surface area (Å²) < 4.78 is 0. The van der Waals surface area contributed by atoms with E-state index in [0.29, 0.717) is 5.92 Å². The Bertz CT molecular complexity index is 2880. The number of aromatic nitrogens is 2. The summed E-state index contributed by atoms with van der Waals surface area (Å²) >= 11 is 3.79. The first-order valence-electron chi connectivity index (χ1n) is 18.0. The summed E-state index contributed by atoms with van der Waals surface area (Å²) in [5, 5.41) is 3.69. The fourth-order valence-corrected chi connectivity index (χ4v) is 10.4. The van der Waals surface area contributed by atoms with Crippen LogP contribution in [0.4, 0.5) is 11.4 Å². The molecule has 11 rings (SSSR count). The van der Waals surface area contributed by atoms with Gasteiger partial charge in [0, 0.05) is 58.6 Å². The van der Waals surface area contributed by atoms with E-state index in [1.807, 2.05) is 35.7 Å². The van der Waals surface area contributed by atoms with Gasteiger partial charge in [-0.2, -0.15) is 0 Å². The summed E-state index contributed by atoms with van der Waals surface area (Å²) in [4.78, 5) is 18.0. The largest absolute Gasteiger partial charge is 0.313 e. The fourth-order valence-electron chi connectivity index (χ4n) is 8.12. The van der Waals surface area contributed by atoms with Gasteiger partial charge in [-0.05, 0) is 70.8 Å².